The van der Waals surface area contributed by atoms with E-state index in [0.29, 0.717) is 22.6 Å². The summed E-state index contributed by atoms with van der Waals surface area (Å²) in [5, 5.41) is 9.33. The van der Waals surface area contributed by atoms with Crippen LogP contribution in [-0.2, 0) is 13.1 Å². The molecule has 0 aliphatic carbocycles. The van der Waals surface area contributed by atoms with Crippen molar-refractivity contribution in [3.8, 4) is 0 Å². The molecule has 0 atom stereocenters. The molecule has 0 fully saturated rings. The van der Waals surface area contributed by atoms with Crippen LogP contribution in [0.3, 0.4) is 0 Å². The molecule has 1 aromatic carbocycles. The third-order valence-corrected chi connectivity index (χ3v) is 3.69. The van der Waals surface area contributed by atoms with E-state index in [0.717, 1.165) is 17.8 Å². The number of hydrogen-bond acceptors (Lipinski definition) is 2. The average Bonchev–Trinajstić information content (AvgIpc) is 2.72. The van der Waals surface area contributed by atoms with Crippen molar-refractivity contribution in [1.82, 2.24) is 15.1 Å². The average molecular weight is 312 g/mol. The lowest BCUT2D eigenvalue weighted by Crippen LogP contribution is -2.21. The monoisotopic (exact) mass is 311 g/mol. The lowest BCUT2D eigenvalue weighted by atomic mass is 10.2. The van der Waals surface area contributed by atoms with Crippen molar-refractivity contribution in [1.29, 1.82) is 0 Å². The summed E-state index contributed by atoms with van der Waals surface area (Å²) in [5.74, 6) is 0. The van der Waals surface area contributed by atoms with Gasteiger partial charge >= 0.3 is 0 Å². The predicted octanol–water partition coefficient (Wildman–Crippen LogP) is 4.04. The third-order valence-electron chi connectivity index (χ3n) is 3.09. The van der Waals surface area contributed by atoms with Crippen LogP contribution in [0.2, 0.25) is 10.0 Å². The Kier molecular flexibility index (Phi) is 5.08. The van der Waals surface area contributed by atoms with Crippen molar-refractivity contribution >= 4 is 23.2 Å². The summed E-state index contributed by atoms with van der Waals surface area (Å²) in [6.07, 6.45) is 2.06. The standard InChI is InChI=1S/C15H19Cl2N3/c1-10(2)18-7-13-9-20(19-11(13)3)8-12-6-14(16)4-5-15(12)17/h4-6,9-10,18H,7-8H2,1-3H3. The van der Waals surface area contributed by atoms with Gasteiger partial charge in [-0.1, -0.05) is 37.0 Å². The largest absolute Gasteiger partial charge is 0.310 e. The summed E-state index contributed by atoms with van der Waals surface area (Å²) >= 11 is 12.2. The minimum atomic E-state index is 0.458. The van der Waals surface area contributed by atoms with E-state index in [1.807, 2.05) is 23.7 Å². The van der Waals surface area contributed by atoms with Crippen LogP contribution in [0.4, 0.5) is 0 Å². The summed E-state index contributed by atoms with van der Waals surface area (Å²) in [4.78, 5) is 0. The normalized spacial score (nSPS) is 11.3. The van der Waals surface area contributed by atoms with Crippen LogP contribution in [0.1, 0.15) is 30.7 Å². The van der Waals surface area contributed by atoms with Crippen LogP contribution in [0, 0.1) is 6.92 Å². The van der Waals surface area contributed by atoms with E-state index in [-0.39, 0.29) is 0 Å². The molecular formula is C15H19Cl2N3. The Morgan fingerprint density at radius 3 is 2.70 bits per heavy atom. The van der Waals surface area contributed by atoms with Gasteiger partial charge in [0.15, 0.2) is 0 Å². The maximum absolute atomic E-state index is 6.18. The molecule has 1 heterocycles. The van der Waals surface area contributed by atoms with Gasteiger partial charge in [0.1, 0.15) is 0 Å². The Bertz CT molecular complexity index is 591. The molecule has 0 aliphatic rings. The van der Waals surface area contributed by atoms with Crippen LogP contribution in [0.25, 0.3) is 0 Å². The van der Waals surface area contributed by atoms with E-state index in [1.54, 1.807) is 6.07 Å². The van der Waals surface area contributed by atoms with Gasteiger partial charge in [-0.25, -0.2) is 0 Å². The molecule has 1 aromatic heterocycles. The molecule has 0 unspecified atom stereocenters. The second-order valence-electron chi connectivity index (χ2n) is 5.21. The molecule has 0 aliphatic heterocycles. The molecule has 108 valence electrons. The van der Waals surface area contributed by atoms with Crippen LogP contribution >= 0.6 is 23.2 Å². The molecule has 0 spiro atoms. The van der Waals surface area contributed by atoms with Crippen LogP contribution in [0.5, 0.6) is 0 Å². The summed E-state index contributed by atoms with van der Waals surface area (Å²) < 4.78 is 1.91. The number of halogens is 2. The van der Waals surface area contributed by atoms with Crippen molar-refractivity contribution < 1.29 is 0 Å². The highest BCUT2D eigenvalue weighted by molar-refractivity contribution is 6.33. The first-order valence-corrected chi connectivity index (χ1v) is 7.41. The minimum Gasteiger partial charge on any atom is -0.310 e. The van der Waals surface area contributed by atoms with Crippen molar-refractivity contribution in [2.24, 2.45) is 0 Å². The fourth-order valence-corrected chi connectivity index (χ4v) is 2.34. The maximum Gasteiger partial charge on any atom is 0.0674 e. The van der Waals surface area contributed by atoms with E-state index in [4.69, 9.17) is 23.2 Å². The fraction of sp³-hybridized carbons (Fsp3) is 0.400. The molecule has 3 nitrogen and oxygen atoms in total. The SMILES string of the molecule is Cc1nn(Cc2cc(Cl)ccc2Cl)cc1CNC(C)C. The first-order chi connectivity index (χ1) is 9.45. The molecule has 0 amide bonds. The van der Waals surface area contributed by atoms with Gasteiger partial charge in [0.25, 0.3) is 0 Å². The van der Waals surface area contributed by atoms with Gasteiger partial charge in [-0.3, -0.25) is 4.68 Å². The van der Waals surface area contributed by atoms with Gasteiger partial charge in [0.2, 0.25) is 0 Å². The molecule has 0 saturated carbocycles. The highest BCUT2D eigenvalue weighted by atomic mass is 35.5. The highest BCUT2D eigenvalue weighted by Gasteiger charge is 2.08. The number of aromatic nitrogens is 2. The van der Waals surface area contributed by atoms with E-state index >= 15 is 0 Å². The Balaban J connectivity index is 2.14. The summed E-state index contributed by atoms with van der Waals surface area (Å²) in [6, 6.07) is 5.95. The number of hydrogen-bond donors (Lipinski definition) is 1. The van der Waals surface area contributed by atoms with E-state index < -0.39 is 0 Å². The molecule has 0 bridgehead atoms. The van der Waals surface area contributed by atoms with Crippen LogP contribution < -0.4 is 5.32 Å². The second-order valence-corrected chi connectivity index (χ2v) is 6.05. The topological polar surface area (TPSA) is 29.9 Å². The Morgan fingerprint density at radius 2 is 2.00 bits per heavy atom. The van der Waals surface area contributed by atoms with E-state index in [1.165, 1.54) is 5.56 Å². The Labute approximate surface area is 129 Å². The van der Waals surface area contributed by atoms with Gasteiger partial charge in [-0.2, -0.15) is 5.10 Å². The predicted molar refractivity (Wildman–Crippen MR) is 84.5 cm³/mol. The molecule has 2 aromatic rings. The van der Waals surface area contributed by atoms with Gasteiger partial charge in [0, 0.05) is 34.4 Å². The molecule has 0 saturated heterocycles. The van der Waals surface area contributed by atoms with Crippen molar-refractivity contribution in [3.63, 3.8) is 0 Å². The third kappa shape index (κ3) is 3.98. The molecular weight excluding hydrogens is 293 g/mol. The van der Waals surface area contributed by atoms with Crippen molar-refractivity contribution in [3.05, 3.63) is 51.3 Å². The first kappa shape index (κ1) is 15.4. The van der Waals surface area contributed by atoms with Crippen LogP contribution in [-0.4, -0.2) is 15.8 Å². The van der Waals surface area contributed by atoms with Crippen molar-refractivity contribution in [2.45, 2.75) is 39.9 Å². The van der Waals surface area contributed by atoms with Crippen LogP contribution in [0.15, 0.2) is 24.4 Å². The molecule has 5 heteroatoms. The number of nitrogens with one attached hydrogen (secondary N) is 1. The number of rotatable bonds is 5. The Morgan fingerprint density at radius 1 is 1.25 bits per heavy atom. The zero-order chi connectivity index (χ0) is 14.7. The highest BCUT2D eigenvalue weighted by Crippen LogP contribution is 2.21. The lowest BCUT2D eigenvalue weighted by molar-refractivity contribution is 0.587. The molecule has 1 N–H and O–H groups in total. The zero-order valence-electron chi connectivity index (χ0n) is 12.0. The summed E-state index contributed by atoms with van der Waals surface area (Å²) in [7, 11) is 0. The van der Waals surface area contributed by atoms with Crippen molar-refractivity contribution in [2.75, 3.05) is 0 Å². The number of nitrogens with zero attached hydrogens (tertiary/aromatic N) is 2. The molecule has 2 rings (SSSR count). The molecule has 20 heavy (non-hydrogen) atoms. The second kappa shape index (κ2) is 6.61. The maximum atomic E-state index is 6.18. The number of aryl methyl sites for hydroxylation is 1. The zero-order valence-corrected chi connectivity index (χ0v) is 13.5. The van der Waals surface area contributed by atoms with Gasteiger partial charge in [0.05, 0.1) is 12.2 Å². The minimum absolute atomic E-state index is 0.458. The van der Waals surface area contributed by atoms with Gasteiger partial charge in [-0.05, 0) is 30.7 Å². The van der Waals surface area contributed by atoms with Gasteiger partial charge < -0.3 is 5.32 Å². The summed E-state index contributed by atoms with van der Waals surface area (Å²) in [6.45, 7) is 7.74. The Hall–Kier alpha value is -1.03. The first-order valence-electron chi connectivity index (χ1n) is 6.66. The lowest BCUT2D eigenvalue weighted by Gasteiger charge is -2.06. The smallest absolute Gasteiger partial charge is 0.0674 e. The fourth-order valence-electron chi connectivity index (χ4n) is 1.97. The van der Waals surface area contributed by atoms with E-state index in [2.05, 4.69) is 30.5 Å². The quantitative estimate of drug-likeness (QED) is 0.903. The number of benzene rings is 1. The van der Waals surface area contributed by atoms with E-state index in [9.17, 15) is 0 Å². The van der Waals surface area contributed by atoms with Gasteiger partial charge in [-0.15, -0.1) is 0 Å². The summed E-state index contributed by atoms with van der Waals surface area (Å²) in [5.41, 5.74) is 3.22. The molecule has 0 radical (unpaired) electrons.